The summed E-state index contributed by atoms with van der Waals surface area (Å²) in [6, 6.07) is 14.6. The third-order valence-corrected chi connectivity index (χ3v) is 3.55. The molecule has 0 aliphatic carbocycles. The van der Waals surface area contributed by atoms with E-state index >= 15 is 0 Å². The summed E-state index contributed by atoms with van der Waals surface area (Å²) in [4.78, 5) is 4.42. The van der Waals surface area contributed by atoms with E-state index in [0.717, 1.165) is 10.9 Å². The first-order chi connectivity index (χ1) is 10.6. The number of hydrazone groups is 1. The lowest BCUT2D eigenvalue weighted by atomic mass is 10.2. The molecule has 3 aromatic rings. The van der Waals surface area contributed by atoms with Crippen molar-refractivity contribution in [3.63, 3.8) is 0 Å². The standard InChI is InChI=1S/C16H11Cl2N3O/c17-12-7-11(16(22)13(18)8-12)9-19-21-15-6-5-10-3-1-2-4-14(10)20-15/h1-9,22H,(H,20,21)/b19-9-. The normalized spacial score (nSPS) is 11.2. The number of fused-ring (bicyclic) bond motifs is 1. The molecular weight excluding hydrogens is 321 g/mol. The predicted molar refractivity (Wildman–Crippen MR) is 91.1 cm³/mol. The monoisotopic (exact) mass is 331 g/mol. The molecular formula is C16H11Cl2N3O. The molecule has 0 atom stereocenters. The summed E-state index contributed by atoms with van der Waals surface area (Å²) in [7, 11) is 0. The number of pyridine rings is 1. The average molecular weight is 332 g/mol. The maximum absolute atomic E-state index is 9.84. The number of hydrogen-bond donors (Lipinski definition) is 2. The second-order valence-electron chi connectivity index (χ2n) is 4.58. The maximum atomic E-state index is 9.84. The van der Waals surface area contributed by atoms with E-state index in [9.17, 15) is 5.11 Å². The summed E-state index contributed by atoms with van der Waals surface area (Å²) in [6.45, 7) is 0. The molecule has 3 rings (SSSR count). The zero-order chi connectivity index (χ0) is 15.5. The number of rotatable bonds is 3. The lowest BCUT2D eigenvalue weighted by Gasteiger charge is -2.04. The van der Waals surface area contributed by atoms with Gasteiger partial charge in [0, 0.05) is 16.0 Å². The van der Waals surface area contributed by atoms with E-state index in [1.807, 2.05) is 36.4 Å². The van der Waals surface area contributed by atoms with Gasteiger partial charge in [0.2, 0.25) is 0 Å². The second-order valence-corrected chi connectivity index (χ2v) is 5.43. The van der Waals surface area contributed by atoms with Gasteiger partial charge in [0.1, 0.15) is 11.6 Å². The van der Waals surface area contributed by atoms with Crippen molar-refractivity contribution in [2.75, 3.05) is 5.43 Å². The first kappa shape index (κ1) is 14.6. The SMILES string of the molecule is Oc1c(Cl)cc(Cl)cc1/C=N\Nc1ccc2ccccc2n1. The van der Waals surface area contributed by atoms with Crippen molar-refractivity contribution in [1.82, 2.24) is 4.98 Å². The van der Waals surface area contributed by atoms with Gasteiger partial charge in [-0.05, 0) is 30.3 Å². The first-order valence-electron chi connectivity index (χ1n) is 6.46. The molecule has 22 heavy (non-hydrogen) atoms. The number of para-hydroxylation sites is 1. The Hall–Kier alpha value is -2.30. The Bertz CT molecular complexity index is 865. The molecule has 0 amide bonds. The third-order valence-electron chi connectivity index (χ3n) is 3.04. The maximum Gasteiger partial charge on any atom is 0.146 e. The number of aromatic nitrogens is 1. The highest BCUT2D eigenvalue weighted by Crippen LogP contribution is 2.30. The van der Waals surface area contributed by atoms with E-state index < -0.39 is 0 Å². The van der Waals surface area contributed by atoms with E-state index in [1.165, 1.54) is 12.3 Å². The fourth-order valence-electron chi connectivity index (χ4n) is 1.98. The van der Waals surface area contributed by atoms with Crippen LogP contribution in [0.15, 0.2) is 53.6 Å². The lowest BCUT2D eigenvalue weighted by molar-refractivity contribution is 0.475. The molecule has 0 radical (unpaired) electrons. The Morgan fingerprint density at radius 3 is 2.77 bits per heavy atom. The van der Waals surface area contributed by atoms with Gasteiger partial charge in [-0.2, -0.15) is 5.10 Å². The topological polar surface area (TPSA) is 57.5 Å². The Kier molecular flexibility index (Phi) is 4.13. The van der Waals surface area contributed by atoms with Crippen LogP contribution in [0.25, 0.3) is 10.9 Å². The van der Waals surface area contributed by atoms with Gasteiger partial charge in [-0.1, -0.05) is 41.4 Å². The summed E-state index contributed by atoms with van der Waals surface area (Å²) in [5.74, 6) is 0.533. The van der Waals surface area contributed by atoms with Crippen molar-refractivity contribution < 1.29 is 5.11 Å². The van der Waals surface area contributed by atoms with E-state index in [1.54, 1.807) is 6.07 Å². The van der Waals surface area contributed by atoms with Crippen molar-refractivity contribution in [2.24, 2.45) is 5.10 Å². The van der Waals surface area contributed by atoms with E-state index in [2.05, 4.69) is 15.5 Å². The van der Waals surface area contributed by atoms with Crippen LogP contribution in [0.1, 0.15) is 5.56 Å². The quantitative estimate of drug-likeness (QED) is 0.540. The Balaban J connectivity index is 1.81. The number of nitrogens with zero attached hydrogens (tertiary/aromatic N) is 2. The van der Waals surface area contributed by atoms with Crippen LogP contribution in [0.3, 0.4) is 0 Å². The lowest BCUT2D eigenvalue weighted by Crippen LogP contribution is -1.94. The highest BCUT2D eigenvalue weighted by molar-refractivity contribution is 6.36. The van der Waals surface area contributed by atoms with Crippen LogP contribution < -0.4 is 5.43 Å². The third kappa shape index (κ3) is 3.13. The highest BCUT2D eigenvalue weighted by Gasteiger charge is 2.05. The molecule has 0 spiro atoms. The van der Waals surface area contributed by atoms with Crippen molar-refractivity contribution in [1.29, 1.82) is 0 Å². The number of benzene rings is 2. The number of phenolic OH excluding ortho intramolecular Hbond substituents is 1. The molecule has 1 aromatic heterocycles. The highest BCUT2D eigenvalue weighted by atomic mass is 35.5. The molecule has 0 saturated carbocycles. The Labute approximate surface area is 137 Å². The fraction of sp³-hybridized carbons (Fsp3) is 0. The minimum absolute atomic E-state index is 0.0666. The van der Waals surface area contributed by atoms with Crippen molar-refractivity contribution >= 4 is 46.1 Å². The molecule has 0 aliphatic rings. The van der Waals surface area contributed by atoms with Crippen LogP contribution in [-0.4, -0.2) is 16.3 Å². The molecule has 0 fully saturated rings. The molecule has 6 heteroatoms. The zero-order valence-electron chi connectivity index (χ0n) is 11.3. The number of nitrogens with one attached hydrogen (secondary N) is 1. The van der Waals surface area contributed by atoms with E-state index in [4.69, 9.17) is 23.2 Å². The molecule has 0 aliphatic heterocycles. The predicted octanol–water partition coefficient (Wildman–Crippen LogP) is 4.69. The number of aromatic hydroxyl groups is 1. The van der Waals surface area contributed by atoms with Crippen LogP contribution in [-0.2, 0) is 0 Å². The van der Waals surface area contributed by atoms with Crippen molar-refractivity contribution in [2.45, 2.75) is 0 Å². The first-order valence-corrected chi connectivity index (χ1v) is 7.22. The van der Waals surface area contributed by atoms with Gasteiger partial charge in [0.25, 0.3) is 0 Å². The smallest absolute Gasteiger partial charge is 0.146 e. The summed E-state index contributed by atoms with van der Waals surface area (Å²) in [6.07, 6.45) is 1.43. The fourth-order valence-corrected chi connectivity index (χ4v) is 2.49. The number of hydrogen-bond acceptors (Lipinski definition) is 4. The Morgan fingerprint density at radius 1 is 1.09 bits per heavy atom. The van der Waals surface area contributed by atoms with Gasteiger partial charge in [-0.3, -0.25) is 5.43 Å². The number of halogens is 2. The van der Waals surface area contributed by atoms with Gasteiger partial charge in [-0.25, -0.2) is 4.98 Å². The van der Waals surface area contributed by atoms with Crippen LogP contribution in [0.4, 0.5) is 5.82 Å². The molecule has 0 bridgehead atoms. The molecule has 110 valence electrons. The molecule has 2 N–H and O–H groups in total. The molecule has 4 nitrogen and oxygen atoms in total. The summed E-state index contributed by atoms with van der Waals surface area (Å²) >= 11 is 11.7. The van der Waals surface area contributed by atoms with Crippen LogP contribution in [0.2, 0.25) is 10.0 Å². The number of phenols is 1. The summed E-state index contributed by atoms with van der Waals surface area (Å²) in [5.41, 5.74) is 4.11. The van der Waals surface area contributed by atoms with E-state index in [-0.39, 0.29) is 10.8 Å². The van der Waals surface area contributed by atoms with Crippen LogP contribution in [0, 0.1) is 0 Å². The minimum atomic E-state index is -0.0666. The summed E-state index contributed by atoms with van der Waals surface area (Å²) in [5, 5.41) is 15.5. The summed E-state index contributed by atoms with van der Waals surface area (Å²) < 4.78 is 0. The van der Waals surface area contributed by atoms with Crippen molar-refractivity contribution in [3.05, 3.63) is 64.1 Å². The average Bonchev–Trinajstić information content (AvgIpc) is 2.52. The van der Waals surface area contributed by atoms with E-state index in [0.29, 0.717) is 16.4 Å². The van der Waals surface area contributed by atoms with Gasteiger partial charge in [0.05, 0.1) is 16.8 Å². The second kappa shape index (κ2) is 6.22. The van der Waals surface area contributed by atoms with Gasteiger partial charge < -0.3 is 5.11 Å². The van der Waals surface area contributed by atoms with Gasteiger partial charge in [0.15, 0.2) is 0 Å². The largest absolute Gasteiger partial charge is 0.506 e. The molecule has 2 aromatic carbocycles. The van der Waals surface area contributed by atoms with Crippen molar-refractivity contribution in [3.8, 4) is 5.75 Å². The molecule has 1 heterocycles. The van der Waals surface area contributed by atoms with Gasteiger partial charge >= 0.3 is 0 Å². The number of anilines is 1. The molecule has 0 unspecified atom stereocenters. The Morgan fingerprint density at radius 2 is 1.91 bits per heavy atom. The van der Waals surface area contributed by atoms with Crippen LogP contribution in [0.5, 0.6) is 5.75 Å². The molecule has 0 saturated heterocycles. The van der Waals surface area contributed by atoms with Crippen LogP contribution >= 0.6 is 23.2 Å². The van der Waals surface area contributed by atoms with Gasteiger partial charge in [-0.15, -0.1) is 0 Å². The zero-order valence-corrected chi connectivity index (χ0v) is 12.8. The minimum Gasteiger partial charge on any atom is -0.506 e.